The minimum Gasteiger partial charge on any atom is -0.399 e. The third-order valence-electron chi connectivity index (χ3n) is 1.57. The summed E-state index contributed by atoms with van der Waals surface area (Å²) in [5.41, 5.74) is 1.66. The van der Waals surface area contributed by atoms with Gasteiger partial charge in [-0.05, 0) is 19.1 Å². The van der Waals surface area contributed by atoms with Gasteiger partial charge < -0.3 is 4.84 Å². The van der Waals surface area contributed by atoms with Crippen molar-refractivity contribution in [3.05, 3.63) is 33.8 Å². The summed E-state index contributed by atoms with van der Waals surface area (Å²) >= 11 is 11.6. The van der Waals surface area contributed by atoms with Crippen LogP contribution in [0.3, 0.4) is 0 Å². The molecule has 1 rings (SSSR count). The molecule has 0 saturated heterocycles. The molecule has 0 aliphatic heterocycles. The first kappa shape index (κ1) is 10.4. The van der Waals surface area contributed by atoms with Crippen molar-refractivity contribution in [2.24, 2.45) is 5.16 Å². The zero-order chi connectivity index (χ0) is 9.84. The Labute approximate surface area is 87.1 Å². The topological polar surface area (TPSA) is 21.6 Å². The van der Waals surface area contributed by atoms with Crippen LogP contribution in [0.1, 0.15) is 12.5 Å². The van der Waals surface area contributed by atoms with E-state index in [9.17, 15) is 0 Å². The predicted octanol–water partition coefficient (Wildman–Crippen LogP) is 3.36. The Bertz CT molecular complexity index is 336. The van der Waals surface area contributed by atoms with Crippen molar-refractivity contribution < 1.29 is 4.84 Å². The smallest absolute Gasteiger partial charge is 0.106 e. The van der Waals surface area contributed by atoms with Crippen molar-refractivity contribution in [2.45, 2.75) is 6.92 Å². The zero-order valence-electron chi connectivity index (χ0n) is 7.34. The second kappa shape index (κ2) is 4.49. The molecule has 1 aromatic rings. The number of rotatable bonds is 2. The summed E-state index contributed by atoms with van der Waals surface area (Å²) in [5.74, 6) is 0. The van der Waals surface area contributed by atoms with Crippen molar-refractivity contribution in [1.29, 1.82) is 0 Å². The van der Waals surface area contributed by atoms with E-state index in [1.165, 1.54) is 7.11 Å². The molecule has 0 atom stereocenters. The van der Waals surface area contributed by atoms with E-state index < -0.39 is 0 Å². The number of hydrogen-bond acceptors (Lipinski definition) is 2. The number of hydrogen-bond donors (Lipinski definition) is 0. The lowest BCUT2D eigenvalue weighted by atomic mass is 10.1. The first-order valence-electron chi connectivity index (χ1n) is 3.68. The van der Waals surface area contributed by atoms with E-state index in [1.807, 2.05) is 13.0 Å². The van der Waals surface area contributed by atoms with Crippen LogP contribution in [-0.4, -0.2) is 12.8 Å². The van der Waals surface area contributed by atoms with Crippen LogP contribution in [0.4, 0.5) is 0 Å². The number of halogens is 2. The summed E-state index contributed by atoms with van der Waals surface area (Å²) in [7, 11) is 1.50. The van der Waals surface area contributed by atoms with Crippen LogP contribution in [0.15, 0.2) is 23.4 Å². The molecule has 0 amide bonds. The third-order valence-corrected chi connectivity index (χ3v) is 2.30. The van der Waals surface area contributed by atoms with Crippen LogP contribution in [0.5, 0.6) is 0 Å². The summed E-state index contributed by atoms with van der Waals surface area (Å²) in [5, 5.41) is 4.84. The Balaban J connectivity index is 3.04. The molecule has 0 bridgehead atoms. The SMILES string of the molecule is CON=C(C)c1ccc(Cl)c(Cl)c1. The van der Waals surface area contributed by atoms with Gasteiger partial charge in [-0.25, -0.2) is 0 Å². The van der Waals surface area contributed by atoms with Gasteiger partial charge in [-0.1, -0.05) is 34.4 Å². The summed E-state index contributed by atoms with van der Waals surface area (Å²) in [6.45, 7) is 1.84. The highest BCUT2D eigenvalue weighted by Crippen LogP contribution is 2.22. The van der Waals surface area contributed by atoms with Gasteiger partial charge in [0.1, 0.15) is 7.11 Å². The van der Waals surface area contributed by atoms with Crippen molar-refractivity contribution in [1.82, 2.24) is 0 Å². The van der Waals surface area contributed by atoms with Crippen molar-refractivity contribution in [3.8, 4) is 0 Å². The molecule has 0 fully saturated rings. The largest absolute Gasteiger partial charge is 0.399 e. The molecule has 0 unspecified atom stereocenters. The molecule has 0 saturated carbocycles. The second-order valence-corrected chi connectivity index (χ2v) is 3.30. The minimum atomic E-state index is 0.518. The molecule has 0 spiro atoms. The third kappa shape index (κ3) is 2.61. The number of oxime groups is 1. The average molecular weight is 218 g/mol. The molecule has 70 valence electrons. The van der Waals surface area contributed by atoms with E-state index >= 15 is 0 Å². The van der Waals surface area contributed by atoms with E-state index in [0.717, 1.165) is 11.3 Å². The van der Waals surface area contributed by atoms with Gasteiger partial charge in [0, 0.05) is 5.56 Å². The second-order valence-electron chi connectivity index (χ2n) is 2.49. The maximum Gasteiger partial charge on any atom is 0.106 e. The lowest BCUT2D eigenvalue weighted by Crippen LogP contribution is -1.94. The van der Waals surface area contributed by atoms with Gasteiger partial charge in [0.2, 0.25) is 0 Å². The fourth-order valence-electron chi connectivity index (χ4n) is 0.911. The quantitative estimate of drug-likeness (QED) is 0.550. The lowest BCUT2D eigenvalue weighted by Gasteiger charge is -2.01. The van der Waals surface area contributed by atoms with Crippen LogP contribution in [0.2, 0.25) is 10.0 Å². The van der Waals surface area contributed by atoms with Gasteiger partial charge >= 0.3 is 0 Å². The first-order chi connectivity index (χ1) is 6.15. The number of benzene rings is 1. The Morgan fingerprint density at radius 1 is 1.31 bits per heavy atom. The molecule has 1 aromatic carbocycles. The van der Waals surface area contributed by atoms with Crippen molar-refractivity contribution >= 4 is 28.9 Å². The summed E-state index contributed by atoms with van der Waals surface area (Å²) in [6, 6.07) is 5.32. The molecule has 0 radical (unpaired) electrons. The molecule has 0 aliphatic carbocycles. The van der Waals surface area contributed by atoms with Crippen LogP contribution in [0, 0.1) is 0 Å². The Morgan fingerprint density at radius 2 is 2.00 bits per heavy atom. The monoisotopic (exact) mass is 217 g/mol. The fourth-order valence-corrected chi connectivity index (χ4v) is 1.21. The van der Waals surface area contributed by atoms with Gasteiger partial charge in [0.05, 0.1) is 15.8 Å². The van der Waals surface area contributed by atoms with E-state index in [4.69, 9.17) is 23.2 Å². The zero-order valence-corrected chi connectivity index (χ0v) is 8.86. The van der Waals surface area contributed by atoms with Gasteiger partial charge in [-0.15, -0.1) is 0 Å². The van der Waals surface area contributed by atoms with E-state index in [0.29, 0.717) is 10.0 Å². The van der Waals surface area contributed by atoms with Gasteiger partial charge in [-0.2, -0.15) is 0 Å². The molecule has 0 aromatic heterocycles. The van der Waals surface area contributed by atoms with Crippen LogP contribution in [-0.2, 0) is 4.84 Å². The normalized spacial score (nSPS) is 11.5. The standard InChI is InChI=1S/C9H9Cl2NO/c1-6(12-13-2)7-3-4-8(10)9(11)5-7/h3-5H,1-2H3. The Hall–Kier alpha value is -0.730. The maximum atomic E-state index is 5.83. The molecule has 0 N–H and O–H groups in total. The maximum absolute atomic E-state index is 5.83. The van der Waals surface area contributed by atoms with Crippen LogP contribution >= 0.6 is 23.2 Å². The molecule has 2 nitrogen and oxygen atoms in total. The summed E-state index contributed by atoms with van der Waals surface area (Å²) < 4.78 is 0. The van der Waals surface area contributed by atoms with Gasteiger partial charge in [0.25, 0.3) is 0 Å². The highest BCUT2D eigenvalue weighted by Gasteiger charge is 2.01. The highest BCUT2D eigenvalue weighted by molar-refractivity contribution is 6.42. The fraction of sp³-hybridized carbons (Fsp3) is 0.222. The number of nitrogens with zero attached hydrogens (tertiary/aromatic N) is 1. The van der Waals surface area contributed by atoms with Crippen molar-refractivity contribution in [2.75, 3.05) is 7.11 Å². The summed E-state index contributed by atoms with van der Waals surface area (Å²) in [4.78, 5) is 4.64. The predicted molar refractivity (Wildman–Crippen MR) is 55.7 cm³/mol. The molecule has 0 aliphatic rings. The molecule has 0 heterocycles. The van der Waals surface area contributed by atoms with Gasteiger partial charge in [0.15, 0.2) is 0 Å². The molecule has 13 heavy (non-hydrogen) atoms. The Kier molecular flexibility index (Phi) is 3.58. The van der Waals surface area contributed by atoms with Crippen molar-refractivity contribution in [3.63, 3.8) is 0 Å². The Morgan fingerprint density at radius 3 is 2.54 bits per heavy atom. The average Bonchev–Trinajstić information content (AvgIpc) is 2.10. The summed E-state index contributed by atoms with van der Waals surface area (Å²) in [6.07, 6.45) is 0. The lowest BCUT2D eigenvalue weighted by molar-refractivity contribution is 0.213. The van der Waals surface area contributed by atoms with Gasteiger partial charge in [-0.3, -0.25) is 0 Å². The first-order valence-corrected chi connectivity index (χ1v) is 4.44. The molecule has 4 heteroatoms. The van der Waals surface area contributed by atoms with E-state index in [-0.39, 0.29) is 0 Å². The molecular formula is C9H9Cl2NO. The van der Waals surface area contributed by atoms with Crippen LogP contribution < -0.4 is 0 Å². The van der Waals surface area contributed by atoms with E-state index in [1.54, 1.807) is 12.1 Å². The van der Waals surface area contributed by atoms with Crippen LogP contribution in [0.25, 0.3) is 0 Å². The van der Waals surface area contributed by atoms with E-state index in [2.05, 4.69) is 9.99 Å². The molecular weight excluding hydrogens is 209 g/mol. The minimum absolute atomic E-state index is 0.518. The highest BCUT2D eigenvalue weighted by atomic mass is 35.5.